The molecule has 1 amide bonds. The van der Waals surface area contributed by atoms with E-state index in [1.807, 2.05) is 0 Å². The predicted octanol–water partition coefficient (Wildman–Crippen LogP) is 2.52. The average Bonchev–Trinajstić information content (AvgIpc) is 2.40. The van der Waals surface area contributed by atoms with Crippen molar-refractivity contribution in [3.05, 3.63) is 64.0 Å². The minimum Gasteiger partial charge on any atom is -0.315 e. The molecule has 1 N–H and O–H groups in total. The molecule has 8 heteroatoms. The second-order valence-corrected chi connectivity index (χ2v) is 3.72. The monoisotopic (exact) mass is 279 g/mol. The van der Waals surface area contributed by atoms with Gasteiger partial charge in [-0.25, -0.2) is 9.37 Å². The van der Waals surface area contributed by atoms with Crippen molar-refractivity contribution in [2.75, 3.05) is 5.32 Å². The summed E-state index contributed by atoms with van der Waals surface area (Å²) >= 11 is 0. The lowest BCUT2D eigenvalue weighted by Gasteiger charge is -2.05. The molecule has 0 spiro atoms. The summed E-state index contributed by atoms with van der Waals surface area (Å²) in [5.41, 5.74) is -1.05. The summed E-state index contributed by atoms with van der Waals surface area (Å²) in [6.45, 7) is 0. The molecule has 0 aliphatic carbocycles. The third-order valence-electron chi connectivity index (χ3n) is 2.35. The van der Waals surface area contributed by atoms with Crippen LogP contribution >= 0.6 is 0 Å². The molecular weight excluding hydrogens is 272 g/mol. The highest BCUT2D eigenvalue weighted by Crippen LogP contribution is 2.25. The molecule has 0 saturated heterocycles. The van der Waals surface area contributed by atoms with E-state index in [2.05, 4.69) is 10.3 Å². The number of halogens is 2. The van der Waals surface area contributed by atoms with Crippen LogP contribution in [0.2, 0.25) is 0 Å². The minimum absolute atomic E-state index is 0.201. The molecule has 0 aliphatic heterocycles. The van der Waals surface area contributed by atoms with Gasteiger partial charge in [0.1, 0.15) is 17.2 Å². The fourth-order valence-electron chi connectivity index (χ4n) is 1.48. The number of nitrogens with zero attached hydrogens (tertiary/aromatic N) is 2. The van der Waals surface area contributed by atoms with E-state index in [1.165, 1.54) is 12.1 Å². The predicted molar refractivity (Wildman–Crippen MR) is 65.2 cm³/mol. The second kappa shape index (κ2) is 5.39. The molecule has 1 aromatic carbocycles. The molecule has 102 valence electrons. The standard InChI is InChI=1S/C12H7F2N3O3/c13-7-4-5-8(10(6-7)17(19)20)16-12(18)9-2-1-3-11(14)15-9/h1-6H,(H,16,18). The first-order valence-electron chi connectivity index (χ1n) is 5.35. The van der Waals surface area contributed by atoms with Crippen molar-refractivity contribution < 1.29 is 18.5 Å². The molecule has 0 aliphatic rings. The zero-order chi connectivity index (χ0) is 14.7. The van der Waals surface area contributed by atoms with Crippen LogP contribution in [-0.2, 0) is 0 Å². The topological polar surface area (TPSA) is 85.1 Å². The first-order valence-corrected chi connectivity index (χ1v) is 5.35. The Balaban J connectivity index is 2.30. The van der Waals surface area contributed by atoms with E-state index in [4.69, 9.17) is 0 Å². The molecule has 0 radical (unpaired) electrons. The van der Waals surface area contributed by atoms with Gasteiger partial charge in [-0.3, -0.25) is 14.9 Å². The molecule has 0 atom stereocenters. The number of nitro benzene ring substituents is 1. The van der Waals surface area contributed by atoms with Crippen LogP contribution in [-0.4, -0.2) is 15.8 Å². The van der Waals surface area contributed by atoms with Crippen molar-refractivity contribution in [3.8, 4) is 0 Å². The number of carbonyl (C=O) groups is 1. The van der Waals surface area contributed by atoms with Gasteiger partial charge in [0.2, 0.25) is 5.95 Å². The van der Waals surface area contributed by atoms with Crippen LogP contribution < -0.4 is 5.32 Å². The van der Waals surface area contributed by atoms with E-state index >= 15 is 0 Å². The molecule has 0 unspecified atom stereocenters. The summed E-state index contributed by atoms with van der Waals surface area (Å²) in [5.74, 6) is -2.50. The number of nitro groups is 1. The lowest BCUT2D eigenvalue weighted by molar-refractivity contribution is -0.384. The summed E-state index contributed by atoms with van der Waals surface area (Å²) < 4.78 is 25.8. The van der Waals surface area contributed by atoms with Gasteiger partial charge in [-0.2, -0.15) is 4.39 Å². The molecule has 20 heavy (non-hydrogen) atoms. The first-order chi connectivity index (χ1) is 9.47. The van der Waals surface area contributed by atoms with Gasteiger partial charge in [-0.1, -0.05) is 6.07 Å². The van der Waals surface area contributed by atoms with Gasteiger partial charge in [0.25, 0.3) is 11.6 Å². The maximum Gasteiger partial charge on any atom is 0.295 e. The van der Waals surface area contributed by atoms with Crippen LogP contribution in [0.1, 0.15) is 10.5 Å². The van der Waals surface area contributed by atoms with Crippen LogP contribution in [0.3, 0.4) is 0 Å². The number of pyridine rings is 1. The third kappa shape index (κ3) is 2.91. The van der Waals surface area contributed by atoms with E-state index < -0.39 is 28.3 Å². The van der Waals surface area contributed by atoms with Crippen molar-refractivity contribution in [1.29, 1.82) is 0 Å². The fraction of sp³-hybridized carbons (Fsp3) is 0. The van der Waals surface area contributed by atoms with E-state index in [9.17, 15) is 23.7 Å². The van der Waals surface area contributed by atoms with Crippen LogP contribution in [0.25, 0.3) is 0 Å². The van der Waals surface area contributed by atoms with Gasteiger partial charge in [0.15, 0.2) is 0 Å². The maximum absolute atomic E-state index is 12.9. The number of amides is 1. The summed E-state index contributed by atoms with van der Waals surface area (Å²) in [6, 6.07) is 6.25. The average molecular weight is 279 g/mol. The van der Waals surface area contributed by atoms with E-state index in [0.29, 0.717) is 6.07 Å². The molecule has 0 fully saturated rings. The Labute approximate surface area is 111 Å². The van der Waals surface area contributed by atoms with Gasteiger partial charge >= 0.3 is 0 Å². The molecule has 1 aromatic heterocycles. The highest BCUT2D eigenvalue weighted by atomic mass is 19.1. The number of rotatable bonds is 3. The summed E-state index contributed by atoms with van der Waals surface area (Å²) in [6.07, 6.45) is 0. The number of anilines is 1. The number of hydrogen-bond donors (Lipinski definition) is 1. The second-order valence-electron chi connectivity index (χ2n) is 3.72. The minimum atomic E-state index is -0.855. The number of aromatic nitrogens is 1. The van der Waals surface area contributed by atoms with Crippen molar-refractivity contribution in [1.82, 2.24) is 4.98 Å². The Bertz CT molecular complexity index is 691. The highest BCUT2D eigenvalue weighted by Gasteiger charge is 2.18. The SMILES string of the molecule is O=C(Nc1ccc(F)cc1[N+](=O)[O-])c1cccc(F)n1. The smallest absolute Gasteiger partial charge is 0.295 e. The van der Waals surface area contributed by atoms with E-state index in [0.717, 1.165) is 18.2 Å². The Kier molecular flexibility index (Phi) is 3.65. The van der Waals surface area contributed by atoms with Crippen molar-refractivity contribution in [3.63, 3.8) is 0 Å². The highest BCUT2D eigenvalue weighted by molar-refractivity contribution is 6.04. The molecule has 1 heterocycles. The molecule has 0 bridgehead atoms. The van der Waals surface area contributed by atoms with Gasteiger partial charge in [-0.05, 0) is 24.3 Å². The number of nitrogens with one attached hydrogen (secondary N) is 1. The Morgan fingerprint density at radius 3 is 2.65 bits per heavy atom. The molecule has 2 rings (SSSR count). The molecule has 6 nitrogen and oxygen atoms in total. The fourth-order valence-corrected chi connectivity index (χ4v) is 1.48. The number of hydrogen-bond acceptors (Lipinski definition) is 4. The molecular formula is C12H7F2N3O3. The van der Waals surface area contributed by atoms with Crippen LogP contribution in [0.5, 0.6) is 0 Å². The zero-order valence-electron chi connectivity index (χ0n) is 9.84. The van der Waals surface area contributed by atoms with Crippen molar-refractivity contribution >= 4 is 17.3 Å². The summed E-state index contributed by atoms with van der Waals surface area (Å²) in [4.78, 5) is 25.0. The van der Waals surface area contributed by atoms with E-state index in [1.54, 1.807) is 0 Å². The zero-order valence-corrected chi connectivity index (χ0v) is 9.84. The number of carbonyl (C=O) groups excluding carboxylic acids is 1. The quantitative estimate of drug-likeness (QED) is 0.531. The van der Waals surface area contributed by atoms with Gasteiger partial charge in [0, 0.05) is 0 Å². The lowest BCUT2D eigenvalue weighted by Crippen LogP contribution is -2.15. The largest absolute Gasteiger partial charge is 0.315 e. The maximum atomic E-state index is 12.9. The van der Waals surface area contributed by atoms with Crippen LogP contribution in [0.15, 0.2) is 36.4 Å². The van der Waals surface area contributed by atoms with E-state index in [-0.39, 0.29) is 11.4 Å². The first kappa shape index (κ1) is 13.5. The van der Waals surface area contributed by atoms with Crippen molar-refractivity contribution in [2.24, 2.45) is 0 Å². The molecule has 2 aromatic rings. The Morgan fingerprint density at radius 1 is 1.25 bits per heavy atom. The van der Waals surface area contributed by atoms with Crippen molar-refractivity contribution in [2.45, 2.75) is 0 Å². The van der Waals surface area contributed by atoms with Gasteiger partial charge < -0.3 is 5.32 Å². The van der Waals surface area contributed by atoms with Gasteiger partial charge in [0.05, 0.1) is 11.0 Å². The van der Waals surface area contributed by atoms with Gasteiger partial charge in [-0.15, -0.1) is 0 Å². The van der Waals surface area contributed by atoms with Crippen LogP contribution in [0, 0.1) is 21.9 Å². The Hall–Kier alpha value is -2.90. The third-order valence-corrected chi connectivity index (χ3v) is 2.35. The lowest BCUT2D eigenvalue weighted by atomic mass is 10.2. The normalized spacial score (nSPS) is 10.1. The molecule has 0 saturated carbocycles. The Morgan fingerprint density at radius 2 is 2.00 bits per heavy atom. The number of benzene rings is 1. The summed E-state index contributed by atoms with van der Waals surface area (Å²) in [7, 11) is 0. The van der Waals surface area contributed by atoms with Crippen LogP contribution in [0.4, 0.5) is 20.2 Å². The summed E-state index contributed by atoms with van der Waals surface area (Å²) in [5, 5.41) is 12.9.